The highest BCUT2D eigenvalue weighted by Crippen LogP contribution is 2.35. The van der Waals surface area contributed by atoms with E-state index in [2.05, 4.69) is 21.9 Å². The molecule has 3 rings (SSSR count). The Morgan fingerprint density at radius 3 is 2.72 bits per heavy atom. The largest absolute Gasteiger partial charge is 0.454 e. The minimum absolute atomic E-state index is 0.0345. The van der Waals surface area contributed by atoms with Gasteiger partial charge in [0.15, 0.2) is 16.0 Å². The number of hydrogen-bond donors (Lipinski definition) is 1. The van der Waals surface area contributed by atoms with Crippen molar-refractivity contribution in [2.45, 2.75) is 19.7 Å². The van der Waals surface area contributed by atoms with Crippen LogP contribution in [0.1, 0.15) is 28.7 Å². The van der Waals surface area contributed by atoms with Crippen LogP contribution in [0.4, 0.5) is 29.1 Å². The van der Waals surface area contributed by atoms with E-state index in [9.17, 15) is 22.8 Å². The average Bonchev–Trinajstić information content (AvgIpc) is 3.40. The predicted molar refractivity (Wildman–Crippen MR) is 116 cm³/mol. The maximum atomic E-state index is 13.0. The number of thiazole rings is 2. The molecule has 1 aromatic carbocycles. The van der Waals surface area contributed by atoms with E-state index >= 15 is 0 Å². The molecule has 1 amide bonds. The zero-order valence-corrected chi connectivity index (χ0v) is 18.3. The molecule has 0 unspecified atom stereocenters. The normalized spacial score (nSPS) is 11.1. The number of hydrogen-bond acceptors (Lipinski definition) is 8. The summed E-state index contributed by atoms with van der Waals surface area (Å²) < 4.78 is 44.3. The van der Waals surface area contributed by atoms with Gasteiger partial charge in [-0.25, -0.2) is 14.8 Å². The van der Waals surface area contributed by atoms with Crippen LogP contribution < -0.4 is 10.2 Å². The van der Waals surface area contributed by atoms with Crippen LogP contribution in [0.5, 0.6) is 0 Å². The highest BCUT2D eigenvalue weighted by Gasteiger charge is 2.31. The van der Waals surface area contributed by atoms with Crippen LogP contribution in [0.25, 0.3) is 0 Å². The Hall–Kier alpha value is -3.25. The minimum atomic E-state index is -4.54. The Morgan fingerprint density at radius 1 is 1.25 bits per heavy atom. The van der Waals surface area contributed by atoms with Crippen molar-refractivity contribution in [2.24, 2.45) is 0 Å². The first kappa shape index (κ1) is 23.4. The van der Waals surface area contributed by atoms with Crippen molar-refractivity contribution in [1.29, 1.82) is 0 Å². The molecule has 12 heteroatoms. The summed E-state index contributed by atoms with van der Waals surface area (Å²) in [4.78, 5) is 33.8. The van der Waals surface area contributed by atoms with E-state index in [-0.39, 0.29) is 23.1 Å². The molecule has 0 radical (unpaired) electrons. The van der Waals surface area contributed by atoms with Gasteiger partial charge < -0.3 is 10.1 Å². The number of rotatable bonds is 8. The number of esters is 1. The number of aromatic nitrogens is 2. The zero-order valence-electron chi connectivity index (χ0n) is 16.7. The fourth-order valence-electron chi connectivity index (χ4n) is 2.54. The molecular formula is C20H17F3N4O3S2. The number of nitrogens with one attached hydrogen (secondary N) is 1. The molecule has 0 aliphatic heterocycles. The molecule has 1 N–H and O–H groups in total. The van der Waals surface area contributed by atoms with Gasteiger partial charge in [-0.05, 0) is 18.2 Å². The summed E-state index contributed by atoms with van der Waals surface area (Å²) in [5.41, 5.74) is -0.368. The van der Waals surface area contributed by atoms with Crippen molar-refractivity contribution in [3.8, 4) is 0 Å². The minimum Gasteiger partial charge on any atom is -0.454 e. The molecule has 3 aromatic rings. The second-order valence-corrected chi connectivity index (χ2v) is 8.00. The monoisotopic (exact) mass is 482 g/mol. The van der Waals surface area contributed by atoms with Crippen LogP contribution in [0.3, 0.4) is 0 Å². The number of nitrogens with zero attached hydrogens (tertiary/aromatic N) is 3. The summed E-state index contributed by atoms with van der Waals surface area (Å²) in [5, 5.41) is 6.78. The Balaban J connectivity index is 1.71. The second kappa shape index (κ2) is 9.92. The number of ether oxygens (including phenoxy) is 1. The fourth-order valence-corrected chi connectivity index (χ4v) is 4.10. The molecular weight excluding hydrogens is 465 g/mol. The van der Waals surface area contributed by atoms with E-state index in [0.717, 1.165) is 28.4 Å². The quantitative estimate of drug-likeness (QED) is 0.348. The molecule has 168 valence electrons. The first-order valence-electron chi connectivity index (χ1n) is 9.09. The molecule has 0 fully saturated rings. The van der Waals surface area contributed by atoms with Crippen LogP contribution in [0, 0.1) is 0 Å². The lowest BCUT2D eigenvalue weighted by molar-refractivity contribution is -0.137. The van der Waals surface area contributed by atoms with Gasteiger partial charge in [0.25, 0.3) is 0 Å². The maximum absolute atomic E-state index is 13.0. The lowest BCUT2D eigenvalue weighted by atomic mass is 10.2. The fraction of sp³-hybridized carbons (Fsp3) is 0.200. The maximum Gasteiger partial charge on any atom is 0.416 e. The number of alkyl halides is 3. The molecule has 0 aliphatic rings. The van der Waals surface area contributed by atoms with Gasteiger partial charge in [0, 0.05) is 24.2 Å². The smallest absolute Gasteiger partial charge is 0.416 e. The molecule has 0 spiro atoms. The van der Waals surface area contributed by atoms with Crippen LogP contribution in [-0.2, 0) is 22.3 Å². The lowest BCUT2D eigenvalue weighted by Gasteiger charge is -2.19. The van der Waals surface area contributed by atoms with E-state index in [1.165, 1.54) is 30.4 Å². The van der Waals surface area contributed by atoms with E-state index < -0.39 is 23.6 Å². The topological polar surface area (TPSA) is 84.4 Å². The molecule has 0 bridgehead atoms. The molecule has 0 saturated heterocycles. The Morgan fingerprint density at radius 2 is 2.03 bits per heavy atom. The van der Waals surface area contributed by atoms with Gasteiger partial charge in [-0.3, -0.25) is 9.69 Å². The van der Waals surface area contributed by atoms with Crippen molar-refractivity contribution in [3.63, 3.8) is 0 Å². The van der Waals surface area contributed by atoms with Gasteiger partial charge in [-0.1, -0.05) is 12.1 Å². The average molecular weight is 483 g/mol. The summed E-state index contributed by atoms with van der Waals surface area (Å²) in [6.45, 7) is 5.12. The Labute approximate surface area is 189 Å². The van der Waals surface area contributed by atoms with Crippen molar-refractivity contribution in [2.75, 3.05) is 16.8 Å². The molecule has 0 saturated carbocycles. The van der Waals surface area contributed by atoms with Crippen LogP contribution in [-0.4, -0.2) is 28.4 Å². The van der Waals surface area contributed by atoms with Crippen molar-refractivity contribution in [1.82, 2.24) is 9.97 Å². The summed E-state index contributed by atoms with van der Waals surface area (Å²) in [5.74, 6) is -1.16. The van der Waals surface area contributed by atoms with Gasteiger partial charge in [0.1, 0.15) is 6.61 Å². The standard InChI is InChI=1S/C20H17F3N4O3S2/c1-3-7-24-18-26-16(11-31-18)17(29)30-9-14-10-32-19(25-14)27(12(2)28)15-6-4-5-13(8-15)20(21,22)23/h3-6,8,10-11H,1,7,9H2,2H3,(H,24,26). The summed E-state index contributed by atoms with van der Waals surface area (Å²) >= 11 is 2.29. The van der Waals surface area contributed by atoms with Crippen LogP contribution in [0.2, 0.25) is 0 Å². The SMILES string of the molecule is C=CCNc1nc(C(=O)OCc2csc(N(C(C)=O)c3cccc(C(F)(F)F)c3)n2)cs1. The highest BCUT2D eigenvalue weighted by atomic mass is 32.1. The van der Waals surface area contributed by atoms with Crippen LogP contribution in [0.15, 0.2) is 47.7 Å². The van der Waals surface area contributed by atoms with Crippen molar-refractivity contribution in [3.05, 3.63) is 64.6 Å². The highest BCUT2D eigenvalue weighted by molar-refractivity contribution is 7.14. The van der Waals surface area contributed by atoms with Gasteiger partial charge in [0.2, 0.25) is 5.91 Å². The lowest BCUT2D eigenvalue weighted by Crippen LogP contribution is -2.23. The van der Waals surface area contributed by atoms with E-state index in [1.807, 2.05) is 0 Å². The molecule has 2 heterocycles. The predicted octanol–water partition coefficient (Wildman–Crippen LogP) is 5.26. The van der Waals surface area contributed by atoms with Gasteiger partial charge in [-0.2, -0.15) is 13.2 Å². The Bertz CT molecular complexity index is 1130. The Kier molecular flexibility index (Phi) is 7.26. The second-order valence-electron chi connectivity index (χ2n) is 6.31. The van der Waals surface area contributed by atoms with E-state index in [4.69, 9.17) is 4.74 Å². The number of carbonyl (C=O) groups excluding carboxylic acids is 2. The molecule has 0 aliphatic carbocycles. The number of benzene rings is 1. The van der Waals surface area contributed by atoms with Gasteiger partial charge in [-0.15, -0.1) is 29.3 Å². The number of anilines is 3. The van der Waals surface area contributed by atoms with E-state index in [1.54, 1.807) is 16.8 Å². The van der Waals surface area contributed by atoms with Gasteiger partial charge in [0.05, 0.1) is 16.9 Å². The molecule has 0 atom stereocenters. The molecule has 32 heavy (non-hydrogen) atoms. The third-order valence-corrected chi connectivity index (χ3v) is 5.61. The van der Waals surface area contributed by atoms with Gasteiger partial charge >= 0.3 is 12.1 Å². The third-order valence-electron chi connectivity index (χ3n) is 3.94. The summed E-state index contributed by atoms with van der Waals surface area (Å²) in [7, 11) is 0. The van der Waals surface area contributed by atoms with Crippen molar-refractivity contribution < 1.29 is 27.5 Å². The van der Waals surface area contributed by atoms with Crippen molar-refractivity contribution >= 4 is 50.5 Å². The van der Waals surface area contributed by atoms with Crippen LogP contribution >= 0.6 is 22.7 Å². The molecule has 2 aromatic heterocycles. The number of amides is 1. The summed E-state index contributed by atoms with van der Waals surface area (Å²) in [6.07, 6.45) is -2.89. The first-order chi connectivity index (χ1) is 15.2. The molecule has 7 nitrogen and oxygen atoms in total. The van der Waals surface area contributed by atoms with E-state index in [0.29, 0.717) is 17.4 Å². The third kappa shape index (κ3) is 5.71. The summed E-state index contributed by atoms with van der Waals surface area (Å²) in [6, 6.07) is 4.41. The zero-order chi connectivity index (χ0) is 23.3. The first-order valence-corrected chi connectivity index (χ1v) is 10.8. The number of halogens is 3. The number of carbonyl (C=O) groups is 2.